The van der Waals surface area contributed by atoms with Crippen molar-refractivity contribution in [3.63, 3.8) is 0 Å². The molecule has 0 aromatic heterocycles. The summed E-state index contributed by atoms with van der Waals surface area (Å²) in [5, 5.41) is 3.54. The van der Waals surface area contributed by atoms with Crippen molar-refractivity contribution in [2.45, 2.75) is 85.5 Å². The maximum absolute atomic E-state index is 12.6. The van der Waals surface area contributed by atoms with E-state index in [1.54, 1.807) is 0 Å². The van der Waals surface area contributed by atoms with E-state index < -0.39 is 0 Å². The summed E-state index contributed by atoms with van der Waals surface area (Å²) in [5.74, 6) is 1.49. The SMILES string of the molecule is CCCC1NC(C(C)C)N(C(C)CCC(C)C)C1=O. The number of nitrogens with one attached hydrogen (secondary N) is 1. The third-order valence-electron chi connectivity index (χ3n) is 4.07. The van der Waals surface area contributed by atoms with E-state index >= 15 is 0 Å². The number of hydrogen-bond acceptors (Lipinski definition) is 2. The molecule has 19 heavy (non-hydrogen) atoms. The first-order chi connectivity index (χ1) is 8.88. The Morgan fingerprint density at radius 3 is 2.26 bits per heavy atom. The second kappa shape index (κ2) is 7.28. The van der Waals surface area contributed by atoms with Crippen molar-refractivity contribution < 1.29 is 4.79 Å². The van der Waals surface area contributed by atoms with Gasteiger partial charge in [0.05, 0.1) is 12.2 Å². The standard InChI is InChI=1S/C16H32N2O/c1-7-8-14-16(19)18(15(17-14)12(4)5)13(6)10-9-11(2)3/h11-15,17H,7-10H2,1-6H3. The van der Waals surface area contributed by atoms with Crippen LogP contribution in [0, 0.1) is 11.8 Å². The van der Waals surface area contributed by atoms with E-state index in [0.717, 1.165) is 19.3 Å². The molecular formula is C16H32N2O. The molecule has 3 atom stereocenters. The smallest absolute Gasteiger partial charge is 0.241 e. The quantitative estimate of drug-likeness (QED) is 0.767. The maximum Gasteiger partial charge on any atom is 0.241 e. The molecule has 1 aliphatic rings. The van der Waals surface area contributed by atoms with E-state index in [1.165, 1.54) is 6.42 Å². The number of carbonyl (C=O) groups excluding carboxylic acids is 1. The Hall–Kier alpha value is -0.570. The highest BCUT2D eigenvalue weighted by Crippen LogP contribution is 2.25. The van der Waals surface area contributed by atoms with Crippen LogP contribution in [0.25, 0.3) is 0 Å². The Kier molecular flexibility index (Phi) is 6.31. The van der Waals surface area contributed by atoms with Crippen molar-refractivity contribution in [1.29, 1.82) is 0 Å². The maximum atomic E-state index is 12.6. The summed E-state index contributed by atoms with van der Waals surface area (Å²) < 4.78 is 0. The summed E-state index contributed by atoms with van der Waals surface area (Å²) in [6.45, 7) is 13.2. The lowest BCUT2D eigenvalue weighted by atomic mass is 10.0. The van der Waals surface area contributed by atoms with Crippen LogP contribution < -0.4 is 5.32 Å². The van der Waals surface area contributed by atoms with Gasteiger partial charge in [0.1, 0.15) is 0 Å². The second-order valence-corrected chi connectivity index (χ2v) is 6.76. The van der Waals surface area contributed by atoms with Gasteiger partial charge in [0.15, 0.2) is 0 Å². The van der Waals surface area contributed by atoms with Crippen LogP contribution in [-0.4, -0.2) is 29.1 Å². The lowest BCUT2D eigenvalue weighted by molar-refractivity contribution is -0.132. The molecule has 3 heteroatoms. The summed E-state index contributed by atoms with van der Waals surface area (Å²) in [4.78, 5) is 14.7. The molecule has 3 unspecified atom stereocenters. The number of rotatable bonds is 7. The van der Waals surface area contributed by atoms with E-state index in [9.17, 15) is 4.79 Å². The fraction of sp³-hybridized carbons (Fsp3) is 0.938. The van der Waals surface area contributed by atoms with Crippen LogP contribution in [0.5, 0.6) is 0 Å². The molecule has 1 heterocycles. The monoisotopic (exact) mass is 268 g/mol. The van der Waals surface area contributed by atoms with Gasteiger partial charge < -0.3 is 4.90 Å². The third kappa shape index (κ3) is 4.20. The first kappa shape index (κ1) is 16.5. The Morgan fingerprint density at radius 1 is 1.16 bits per heavy atom. The molecule has 0 radical (unpaired) electrons. The molecule has 112 valence electrons. The van der Waals surface area contributed by atoms with Crippen LogP contribution in [0.3, 0.4) is 0 Å². The Labute approximate surface area is 119 Å². The molecular weight excluding hydrogens is 236 g/mol. The molecule has 3 nitrogen and oxygen atoms in total. The number of carbonyl (C=O) groups is 1. The summed E-state index contributed by atoms with van der Waals surface area (Å²) in [6.07, 6.45) is 4.52. The first-order valence-corrected chi connectivity index (χ1v) is 7.96. The predicted octanol–water partition coefficient (Wildman–Crippen LogP) is 3.39. The molecule has 1 amide bonds. The fourth-order valence-corrected chi connectivity index (χ4v) is 2.89. The predicted molar refractivity (Wildman–Crippen MR) is 80.8 cm³/mol. The Bertz CT molecular complexity index is 288. The minimum atomic E-state index is 0.0406. The topological polar surface area (TPSA) is 32.3 Å². The average molecular weight is 268 g/mol. The van der Waals surface area contributed by atoms with Gasteiger partial charge >= 0.3 is 0 Å². The number of nitrogens with zero attached hydrogens (tertiary/aromatic N) is 1. The summed E-state index contributed by atoms with van der Waals surface area (Å²) in [6, 6.07) is 0.385. The molecule has 1 saturated heterocycles. The van der Waals surface area contributed by atoms with Crippen LogP contribution in [0.15, 0.2) is 0 Å². The Balaban J connectivity index is 2.73. The number of hydrogen-bond donors (Lipinski definition) is 1. The van der Waals surface area contributed by atoms with Gasteiger partial charge in [-0.3, -0.25) is 10.1 Å². The van der Waals surface area contributed by atoms with Gasteiger partial charge in [0.25, 0.3) is 0 Å². The molecule has 0 aromatic carbocycles. The van der Waals surface area contributed by atoms with Crippen molar-refractivity contribution in [2.24, 2.45) is 11.8 Å². The van der Waals surface area contributed by atoms with Crippen molar-refractivity contribution in [2.75, 3.05) is 0 Å². The van der Waals surface area contributed by atoms with Crippen LogP contribution >= 0.6 is 0 Å². The van der Waals surface area contributed by atoms with E-state index in [4.69, 9.17) is 0 Å². The van der Waals surface area contributed by atoms with Crippen molar-refractivity contribution in [1.82, 2.24) is 10.2 Å². The van der Waals surface area contributed by atoms with Crippen LogP contribution in [0.4, 0.5) is 0 Å². The largest absolute Gasteiger partial charge is 0.323 e. The highest BCUT2D eigenvalue weighted by atomic mass is 16.2. The molecule has 0 aliphatic carbocycles. The number of amides is 1. The molecule has 1 aliphatic heterocycles. The van der Waals surface area contributed by atoms with Crippen LogP contribution in [0.1, 0.15) is 67.2 Å². The summed E-state index contributed by atoms with van der Waals surface area (Å²) in [5.41, 5.74) is 0. The average Bonchev–Trinajstić information content (AvgIpc) is 2.65. The van der Waals surface area contributed by atoms with Gasteiger partial charge in [-0.15, -0.1) is 0 Å². The van der Waals surface area contributed by atoms with Gasteiger partial charge in [-0.1, -0.05) is 41.0 Å². The van der Waals surface area contributed by atoms with E-state index in [0.29, 0.717) is 23.8 Å². The van der Waals surface area contributed by atoms with Crippen LogP contribution in [-0.2, 0) is 4.79 Å². The molecule has 0 saturated carbocycles. The lowest BCUT2D eigenvalue weighted by Gasteiger charge is -2.33. The molecule has 1 N–H and O–H groups in total. The van der Waals surface area contributed by atoms with Crippen molar-refractivity contribution >= 4 is 5.91 Å². The van der Waals surface area contributed by atoms with E-state index in [1.807, 2.05) is 0 Å². The fourth-order valence-electron chi connectivity index (χ4n) is 2.89. The van der Waals surface area contributed by atoms with Crippen molar-refractivity contribution in [3.8, 4) is 0 Å². The molecule has 1 rings (SSSR count). The second-order valence-electron chi connectivity index (χ2n) is 6.76. The zero-order valence-electron chi connectivity index (χ0n) is 13.6. The molecule has 0 aromatic rings. The normalized spacial score (nSPS) is 25.7. The zero-order chi connectivity index (χ0) is 14.6. The van der Waals surface area contributed by atoms with E-state index in [2.05, 4.69) is 51.8 Å². The molecule has 0 bridgehead atoms. The van der Waals surface area contributed by atoms with Gasteiger partial charge in [-0.2, -0.15) is 0 Å². The lowest BCUT2D eigenvalue weighted by Crippen LogP contribution is -2.46. The van der Waals surface area contributed by atoms with Crippen molar-refractivity contribution in [3.05, 3.63) is 0 Å². The highest BCUT2D eigenvalue weighted by Gasteiger charge is 2.41. The van der Waals surface area contributed by atoms with E-state index in [-0.39, 0.29) is 12.2 Å². The minimum absolute atomic E-state index is 0.0406. The Morgan fingerprint density at radius 2 is 1.79 bits per heavy atom. The van der Waals surface area contributed by atoms with Crippen LogP contribution in [0.2, 0.25) is 0 Å². The molecule has 0 spiro atoms. The summed E-state index contributed by atoms with van der Waals surface area (Å²) in [7, 11) is 0. The van der Waals surface area contributed by atoms with Gasteiger partial charge in [0, 0.05) is 6.04 Å². The molecule has 1 fully saturated rings. The third-order valence-corrected chi connectivity index (χ3v) is 4.07. The summed E-state index contributed by atoms with van der Waals surface area (Å²) >= 11 is 0. The minimum Gasteiger partial charge on any atom is -0.323 e. The van der Waals surface area contributed by atoms with Gasteiger partial charge in [-0.05, 0) is 38.0 Å². The zero-order valence-corrected chi connectivity index (χ0v) is 13.6. The van der Waals surface area contributed by atoms with Gasteiger partial charge in [-0.25, -0.2) is 0 Å². The first-order valence-electron chi connectivity index (χ1n) is 7.96. The van der Waals surface area contributed by atoms with Gasteiger partial charge in [0.2, 0.25) is 5.91 Å². The highest BCUT2D eigenvalue weighted by molar-refractivity contribution is 5.84.